The molecule has 1 aromatic carbocycles. The van der Waals surface area contributed by atoms with Gasteiger partial charge in [-0.05, 0) is 49.3 Å². The molecule has 1 aromatic rings. The zero-order valence-corrected chi connectivity index (χ0v) is 12.3. The van der Waals surface area contributed by atoms with Gasteiger partial charge in [-0.15, -0.1) is 0 Å². The molecule has 0 saturated heterocycles. The van der Waals surface area contributed by atoms with E-state index in [1.54, 1.807) is 12.1 Å². The van der Waals surface area contributed by atoms with E-state index in [2.05, 4.69) is 17.6 Å². The summed E-state index contributed by atoms with van der Waals surface area (Å²) in [4.78, 5) is 23.7. The fraction of sp³-hybridized carbons (Fsp3) is 0.500. The number of rotatable bonds is 6. The van der Waals surface area contributed by atoms with Crippen molar-refractivity contribution in [2.45, 2.75) is 38.6 Å². The summed E-state index contributed by atoms with van der Waals surface area (Å²) in [6.45, 7) is 2.07. The first-order valence-electron chi connectivity index (χ1n) is 7.45. The lowest BCUT2D eigenvalue weighted by atomic mass is 10.1. The second-order valence-electron chi connectivity index (χ2n) is 5.43. The molecule has 0 heterocycles. The van der Waals surface area contributed by atoms with E-state index in [0.717, 1.165) is 19.3 Å². The molecule has 21 heavy (non-hydrogen) atoms. The van der Waals surface area contributed by atoms with Gasteiger partial charge >= 0.3 is 11.8 Å². The van der Waals surface area contributed by atoms with Crippen molar-refractivity contribution in [1.29, 1.82) is 0 Å². The Morgan fingerprint density at radius 3 is 2.43 bits per heavy atom. The standard InChI is InChI=1S/C16H22N2O3/c1-2-11-3-7-13(8-4-11)17-15(20)16(21)18-14(9-10-19)12-5-6-12/h3-4,7-8,12,14,19H,2,5-6,9-10H2,1H3,(H,17,20)(H,18,21). The summed E-state index contributed by atoms with van der Waals surface area (Å²) in [7, 11) is 0. The Bertz CT molecular complexity index is 495. The summed E-state index contributed by atoms with van der Waals surface area (Å²) in [6.07, 6.45) is 3.52. The molecule has 1 atom stereocenters. The number of benzene rings is 1. The molecule has 0 radical (unpaired) electrons. The normalized spacial score (nSPS) is 15.3. The second kappa shape index (κ2) is 7.22. The number of carbonyl (C=O) groups excluding carboxylic acids is 2. The van der Waals surface area contributed by atoms with Crippen LogP contribution in [0.5, 0.6) is 0 Å². The summed E-state index contributed by atoms with van der Waals surface area (Å²) in [6, 6.07) is 7.32. The van der Waals surface area contributed by atoms with Crippen molar-refractivity contribution < 1.29 is 14.7 Å². The summed E-state index contributed by atoms with van der Waals surface area (Å²) < 4.78 is 0. The first-order valence-corrected chi connectivity index (χ1v) is 7.45. The highest BCUT2D eigenvalue weighted by molar-refractivity contribution is 6.39. The molecule has 0 aliphatic heterocycles. The average molecular weight is 290 g/mol. The Morgan fingerprint density at radius 2 is 1.90 bits per heavy atom. The molecular formula is C16H22N2O3. The van der Waals surface area contributed by atoms with Crippen molar-refractivity contribution in [3.63, 3.8) is 0 Å². The van der Waals surface area contributed by atoms with Gasteiger partial charge in [-0.3, -0.25) is 9.59 Å². The van der Waals surface area contributed by atoms with Gasteiger partial charge in [0, 0.05) is 18.3 Å². The fourth-order valence-corrected chi connectivity index (χ4v) is 2.31. The maximum Gasteiger partial charge on any atom is 0.313 e. The van der Waals surface area contributed by atoms with Crippen LogP contribution >= 0.6 is 0 Å². The van der Waals surface area contributed by atoms with E-state index in [0.29, 0.717) is 18.0 Å². The zero-order valence-electron chi connectivity index (χ0n) is 12.3. The third kappa shape index (κ3) is 4.56. The molecule has 114 valence electrons. The highest BCUT2D eigenvalue weighted by Crippen LogP contribution is 2.33. The van der Waals surface area contributed by atoms with Crippen molar-refractivity contribution in [1.82, 2.24) is 5.32 Å². The molecule has 0 spiro atoms. The van der Waals surface area contributed by atoms with E-state index in [1.807, 2.05) is 12.1 Å². The van der Waals surface area contributed by atoms with Crippen LogP contribution in [-0.4, -0.2) is 29.6 Å². The molecule has 0 bridgehead atoms. The minimum absolute atomic E-state index is 0.0154. The Morgan fingerprint density at radius 1 is 1.24 bits per heavy atom. The Kier molecular flexibility index (Phi) is 5.33. The van der Waals surface area contributed by atoms with Crippen LogP contribution < -0.4 is 10.6 Å². The van der Waals surface area contributed by atoms with Gasteiger partial charge in [0.1, 0.15) is 0 Å². The number of carbonyl (C=O) groups is 2. The number of aryl methyl sites for hydroxylation is 1. The van der Waals surface area contributed by atoms with Crippen molar-refractivity contribution in [3.8, 4) is 0 Å². The molecule has 1 aliphatic rings. The van der Waals surface area contributed by atoms with Gasteiger partial charge < -0.3 is 15.7 Å². The second-order valence-corrected chi connectivity index (χ2v) is 5.43. The predicted octanol–water partition coefficient (Wildman–Crippen LogP) is 1.46. The SMILES string of the molecule is CCc1ccc(NC(=O)C(=O)NC(CCO)C2CC2)cc1. The van der Waals surface area contributed by atoms with Crippen LogP contribution in [0, 0.1) is 5.92 Å². The molecule has 1 unspecified atom stereocenters. The Hall–Kier alpha value is -1.88. The maximum atomic E-state index is 11.9. The molecule has 0 aromatic heterocycles. The molecule has 1 saturated carbocycles. The minimum atomic E-state index is -0.664. The van der Waals surface area contributed by atoms with Crippen molar-refractivity contribution >= 4 is 17.5 Å². The van der Waals surface area contributed by atoms with Gasteiger partial charge in [0.25, 0.3) is 0 Å². The highest BCUT2D eigenvalue weighted by Gasteiger charge is 2.32. The Labute approximate surface area is 124 Å². The smallest absolute Gasteiger partial charge is 0.313 e. The molecule has 5 nitrogen and oxygen atoms in total. The van der Waals surface area contributed by atoms with Gasteiger partial charge in [0.15, 0.2) is 0 Å². The molecule has 3 N–H and O–H groups in total. The number of nitrogens with one attached hydrogen (secondary N) is 2. The van der Waals surface area contributed by atoms with Gasteiger partial charge in [-0.2, -0.15) is 0 Å². The summed E-state index contributed by atoms with van der Waals surface area (Å²) in [5.41, 5.74) is 1.78. The molecule has 2 rings (SSSR count). The number of aliphatic hydroxyl groups excluding tert-OH is 1. The van der Waals surface area contributed by atoms with E-state index in [9.17, 15) is 9.59 Å². The predicted molar refractivity (Wildman–Crippen MR) is 80.8 cm³/mol. The fourth-order valence-electron chi connectivity index (χ4n) is 2.31. The Balaban J connectivity index is 1.87. The molecule has 2 amide bonds. The number of aliphatic hydroxyl groups is 1. The minimum Gasteiger partial charge on any atom is -0.396 e. The lowest BCUT2D eigenvalue weighted by Gasteiger charge is -2.16. The number of hydrogen-bond acceptors (Lipinski definition) is 3. The topological polar surface area (TPSA) is 78.4 Å². The molecular weight excluding hydrogens is 268 g/mol. The van der Waals surface area contributed by atoms with Crippen molar-refractivity contribution in [3.05, 3.63) is 29.8 Å². The van der Waals surface area contributed by atoms with E-state index < -0.39 is 11.8 Å². The van der Waals surface area contributed by atoms with Crippen LogP contribution in [0.15, 0.2) is 24.3 Å². The van der Waals surface area contributed by atoms with Crippen molar-refractivity contribution in [2.75, 3.05) is 11.9 Å². The zero-order chi connectivity index (χ0) is 15.2. The third-order valence-corrected chi connectivity index (χ3v) is 3.77. The van der Waals surface area contributed by atoms with Gasteiger partial charge in [0.2, 0.25) is 0 Å². The molecule has 5 heteroatoms. The number of hydrogen-bond donors (Lipinski definition) is 3. The van der Waals surface area contributed by atoms with Gasteiger partial charge in [0.05, 0.1) is 0 Å². The summed E-state index contributed by atoms with van der Waals surface area (Å²) in [5, 5.41) is 14.3. The van der Waals surface area contributed by atoms with Crippen LogP contribution in [-0.2, 0) is 16.0 Å². The first kappa shape index (κ1) is 15.5. The van der Waals surface area contributed by atoms with Crippen LogP contribution in [0.2, 0.25) is 0 Å². The van der Waals surface area contributed by atoms with E-state index in [4.69, 9.17) is 5.11 Å². The maximum absolute atomic E-state index is 11.9. The lowest BCUT2D eigenvalue weighted by Crippen LogP contribution is -2.43. The number of amides is 2. The van der Waals surface area contributed by atoms with Crippen LogP contribution in [0.4, 0.5) is 5.69 Å². The van der Waals surface area contributed by atoms with E-state index >= 15 is 0 Å². The van der Waals surface area contributed by atoms with E-state index in [-0.39, 0.29) is 12.6 Å². The summed E-state index contributed by atoms with van der Waals surface area (Å²) >= 11 is 0. The largest absolute Gasteiger partial charge is 0.396 e. The molecule has 1 fully saturated rings. The average Bonchev–Trinajstić information content (AvgIpc) is 3.32. The lowest BCUT2D eigenvalue weighted by molar-refractivity contribution is -0.136. The van der Waals surface area contributed by atoms with E-state index in [1.165, 1.54) is 5.56 Å². The van der Waals surface area contributed by atoms with Crippen LogP contribution in [0.1, 0.15) is 31.7 Å². The van der Waals surface area contributed by atoms with Gasteiger partial charge in [-0.25, -0.2) is 0 Å². The quantitative estimate of drug-likeness (QED) is 0.694. The van der Waals surface area contributed by atoms with Crippen molar-refractivity contribution in [2.24, 2.45) is 5.92 Å². The first-order chi connectivity index (χ1) is 10.1. The van der Waals surface area contributed by atoms with Crippen LogP contribution in [0.25, 0.3) is 0 Å². The monoisotopic (exact) mass is 290 g/mol. The number of anilines is 1. The third-order valence-electron chi connectivity index (χ3n) is 3.77. The molecule has 1 aliphatic carbocycles. The van der Waals surface area contributed by atoms with Crippen LogP contribution in [0.3, 0.4) is 0 Å². The summed E-state index contributed by atoms with van der Waals surface area (Å²) in [5.74, 6) is -0.902. The highest BCUT2D eigenvalue weighted by atomic mass is 16.3. The van der Waals surface area contributed by atoms with Gasteiger partial charge in [-0.1, -0.05) is 19.1 Å².